The van der Waals surface area contributed by atoms with E-state index in [0.717, 1.165) is 0 Å². The minimum atomic E-state index is -5.48. The molecule has 120 valence electrons. The van der Waals surface area contributed by atoms with E-state index in [2.05, 4.69) is 13.8 Å². The lowest BCUT2D eigenvalue weighted by Crippen LogP contribution is -2.47. The van der Waals surface area contributed by atoms with Crippen LogP contribution in [0.3, 0.4) is 0 Å². The molecule has 1 aliphatic heterocycles. The first-order valence-corrected chi connectivity index (χ1v) is 7.86. The standard InChI is InChI=1S/C6H14O12P2/c7-4-3(1-16-19(10,11)12)18-6(9,5(4)8)2-17-20(13,14)15/h3-5,7-9H,1-2H2,(H2,10,11,12)(H2,13,14,15)/p-4/t3-,4-,5+,6+/m1/s1. The van der Waals surface area contributed by atoms with Gasteiger partial charge in [0.25, 0.3) is 0 Å². The zero-order valence-corrected chi connectivity index (χ0v) is 11.3. The van der Waals surface area contributed by atoms with Gasteiger partial charge in [-0.2, -0.15) is 0 Å². The molecule has 0 aromatic carbocycles. The van der Waals surface area contributed by atoms with Crippen molar-refractivity contribution in [3.05, 3.63) is 0 Å². The van der Waals surface area contributed by atoms with E-state index in [1.54, 1.807) is 0 Å². The molecule has 0 saturated carbocycles. The fourth-order valence-corrected chi connectivity index (χ4v) is 2.13. The molecule has 20 heavy (non-hydrogen) atoms. The quantitative estimate of drug-likeness (QED) is 0.387. The zero-order chi connectivity index (χ0) is 15.8. The molecule has 0 spiro atoms. The van der Waals surface area contributed by atoms with Gasteiger partial charge in [0.15, 0.2) is 0 Å². The van der Waals surface area contributed by atoms with Crippen LogP contribution >= 0.6 is 15.6 Å². The van der Waals surface area contributed by atoms with Crippen molar-refractivity contribution in [1.82, 2.24) is 0 Å². The Morgan fingerprint density at radius 3 is 2.05 bits per heavy atom. The molecule has 1 rings (SSSR count). The first-order chi connectivity index (χ1) is 8.84. The van der Waals surface area contributed by atoms with Crippen LogP contribution in [0.4, 0.5) is 0 Å². The second-order valence-electron chi connectivity index (χ2n) is 3.90. The lowest BCUT2D eigenvalue weighted by molar-refractivity contribution is -0.350. The first-order valence-electron chi connectivity index (χ1n) is 4.93. The first kappa shape index (κ1) is 18.1. The minimum Gasteiger partial charge on any atom is -0.790 e. The molecule has 0 aliphatic carbocycles. The lowest BCUT2D eigenvalue weighted by Gasteiger charge is -2.34. The summed E-state index contributed by atoms with van der Waals surface area (Å²) in [5.41, 5.74) is 0. The Hall–Kier alpha value is 0.0600. The van der Waals surface area contributed by atoms with Crippen LogP contribution < -0.4 is 19.6 Å². The van der Waals surface area contributed by atoms with Crippen LogP contribution in [0.15, 0.2) is 0 Å². The Morgan fingerprint density at radius 2 is 1.60 bits per heavy atom. The Morgan fingerprint density at radius 1 is 1.10 bits per heavy atom. The van der Waals surface area contributed by atoms with E-state index in [1.165, 1.54) is 0 Å². The molecule has 3 N–H and O–H groups in total. The van der Waals surface area contributed by atoms with Crippen LogP contribution in [-0.2, 0) is 22.9 Å². The van der Waals surface area contributed by atoms with Gasteiger partial charge in [-0.25, -0.2) is 0 Å². The van der Waals surface area contributed by atoms with Gasteiger partial charge in [0.1, 0.15) is 24.9 Å². The SMILES string of the molecule is O=P([O-])([O-])OC[C@H]1O[C@@](O)(COP(=O)([O-])[O-])[C@@H](O)[C@@H]1O. The number of phosphoric acid groups is 2. The average Bonchev–Trinajstić information content (AvgIpc) is 2.48. The van der Waals surface area contributed by atoms with Crippen molar-refractivity contribution in [2.45, 2.75) is 24.1 Å². The number of hydrogen-bond donors (Lipinski definition) is 3. The predicted octanol–water partition coefficient (Wildman–Crippen LogP) is -5.51. The third kappa shape index (κ3) is 5.11. The highest BCUT2D eigenvalue weighted by molar-refractivity contribution is 7.43. The normalized spacial score (nSPS) is 35.5. The van der Waals surface area contributed by atoms with E-state index < -0.39 is 53.0 Å². The third-order valence-electron chi connectivity index (χ3n) is 2.35. The van der Waals surface area contributed by atoms with Crippen LogP contribution in [0, 0.1) is 0 Å². The monoisotopic (exact) mass is 336 g/mol. The van der Waals surface area contributed by atoms with Gasteiger partial charge in [0.2, 0.25) is 5.79 Å². The van der Waals surface area contributed by atoms with Crippen molar-refractivity contribution in [3.8, 4) is 0 Å². The minimum absolute atomic E-state index is 1.03. The van der Waals surface area contributed by atoms with Gasteiger partial charge >= 0.3 is 0 Å². The number of rotatable bonds is 6. The van der Waals surface area contributed by atoms with Gasteiger partial charge in [-0.3, -0.25) is 0 Å². The number of hydrogen-bond acceptors (Lipinski definition) is 12. The van der Waals surface area contributed by atoms with E-state index in [1.807, 2.05) is 0 Å². The number of aliphatic hydroxyl groups is 3. The topological polar surface area (TPSA) is 215 Å². The summed E-state index contributed by atoms with van der Waals surface area (Å²) in [7, 11) is -10.9. The molecule has 0 radical (unpaired) electrons. The van der Waals surface area contributed by atoms with Crippen molar-refractivity contribution in [2.75, 3.05) is 13.2 Å². The molecule has 0 amide bonds. The second-order valence-corrected chi connectivity index (χ2v) is 6.21. The van der Waals surface area contributed by atoms with Gasteiger partial charge in [-0.15, -0.1) is 0 Å². The molecule has 14 heteroatoms. The molecule has 1 heterocycles. The molecule has 1 aliphatic rings. The van der Waals surface area contributed by atoms with Crippen molar-refractivity contribution < 1.29 is 57.8 Å². The third-order valence-corrected chi connectivity index (χ3v) is 3.26. The molecular formula is C6H10O12P2-4. The molecular weight excluding hydrogens is 326 g/mol. The summed E-state index contributed by atoms with van der Waals surface area (Å²) in [5.74, 6) is -2.78. The maximum absolute atomic E-state index is 10.3. The number of aliphatic hydroxyl groups excluding tert-OH is 2. The van der Waals surface area contributed by atoms with Crippen LogP contribution in [0.2, 0.25) is 0 Å². The molecule has 0 aromatic rings. The highest BCUT2D eigenvalue weighted by Crippen LogP contribution is 2.35. The van der Waals surface area contributed by atoms with Crippen molar-refractivity contribution in [2.24, 2.45) is 0 Å². The summed E-state index contributed by atoms with van der Waals surface area (Å²) in [6, 6.07) is 0. The fraction of sp³-hybridized carbons (Fsp3) is 1.00. The molecule has 0 unspecified atom stereocenters. The van der Waals surface area contributed by atoms with Crippen molar-refractivity contribution in [3.63, 3.8) is 0 Å². The van der Waals surface area contributed by atoms with E-state index in [0.29, 0.717) is 0 Å². The largest absolute Gasteiger partial charge is 0.790 e. The van der Waals surface area contributed by atoms with Crippen molar-refractivity contribution in [1.29, 1.82) is 0 Å². The van der Waals surface area contributed by atoms with E-state index >= 15 is 0 Å². The molecule has 1 saturated heterocycles. The maximum Gasteiger partial charge on any atom is 0.219 e. The van der Waals surface area contributed by atoms with Crippen LogP contribution in [0.25, 0.3) is 0 Å². The van der Waals surface area contributed by atoms with Gasteiger partial charge < -0.3 is 57.8 Å². The molecule has 4 atom stereocenters. The van der Waals surface area contributed by atoms with Gasteiger partial charge in [-0.05, 0) is 0 Å². The summed E-state index contributed by atoms with van der Waals surface area (Å²) in [6.07, 6.45) is -5.69. The van der Waals surface area contributed by atoms with Crippen LogP contribution in [0.5, 0.6) is 0 Å². The Bertz CT molecular complexity index is 428. The molecule has 1 fully saturated rings. The van der Waals surface area contributed by atoms with Gasteiger partial charge in [0.05, 0.1) is 22.3 Å². The van der Waals surface area contributed by atoms with Crippen LogP contribution in [-0.4, -0.2) is 52.6 Å². The predicted molar refractivity (Wildman–Crippen MR) is 49.0 cm³/mol. The fourth-order valence-electron chi connectivity index (χ4n) is 1.46. The zero-order valence-electron chi connectivity index (χ0n) is 9.56. The summed E-state index contributed by atoms with van der Waals surface area (Å²) in [6.45, 7) is -2.37. The average molecular weight is 336 g/mol. The number of ether oxygens (including phenoxy) is 1. The Balaban J connectivity index is 2.67. The lowest BCUT2D eigenvalue weighted by atomic mass is 10.1. The highest BCUT2D eigenvalue weighted by Gasteiger charge is 2.53. The Labute approximate surface area is 112 Å². The summed E-state index contributed by atoms with van der Waals surface area (Å²) in [4.78, 5) is 41.0. The number of phosphoric ester groups is 2. The summed E-state index contributed by atoms with van der Waals surface area (Å²) < 4.78 is 32.6. The maximum atomic E-state index is 10.3. The van der Waals surface area contributed by atoms with Gasteiger partial charge in [0, 0.05) is 0 Å². The Kier molecular flexibility index (Phi) is 5.48. The molecule has 0 aromatic heterocycles. The van der Waals surface area contributed by atoms with E-state index in [-0.39, 0.29) is 0 Å². The summed E-state index contributed by atoms with van der Waals surface area (Å²) in [5, 5.41) is 28.5. The van der Waals surface area contributed by atoms with Crippen LogP contribution in [0.1, 0.15) is 0 Å². The van der Waals surface area contributed by atoms with E-state index in [4.69, 9.17) is 0 Å². The smallest absolute Gasteiger partial charge is 0.219 e. The van der Waals surface area contributed by atoms with E-state index in [9.17, 15) is 44.0 Å². The molecule has 0 bridgehead atoms. The molecule has 12 nitrogen and oxygen atoms in total. The second kappa shape index (κ2) is 6.05. The summed E-state index contributed by atoms with van der Waals surface area (Å²) >= 11 is 0. The highest BCUT2D eigenvalue weighted by atomic mass is 31.2. The van der Waals surface area contributed by atoms with Crippen molar-refractivity contribution >= 4 is 15.6 Å². The van der Waals surface area contributed by atoms with Gasteiger partial charge in [-0.1, -0.05) is 0 Å².